The van der Waals surface area contributed by atoms with Gasteiger partial charge < -0.3 is 15.4 Å². The summed E-state index contributed by atoms with van der Waals surface area (Å²) in [6.45, 7) is 0.327. The van der Waals surface area contributed by atoms with Crippen molar-refractivity contribution in [2.45, 2.75) is 31.1 Å². The topological polar surface area (TPSA) is 89.4 Å². The highest BCUT2D eigenvalue weighted by atomic mass is 16.5. The maximum atomic E-state index is 10.9. The smallest absolute Gasteiger partial charge is 0.304 e. The molecule has 0 radical (unpaired) electrons. The monoisotopic (exact) mass is 210 g/mol. The molecule has 0 bridgehead atoms. The summed E-state index contributed by atoms with van der Waals surface area (Å²) >= 11 is 0. The fraction of sp³-hybridized carbons (Fsp3) is 0.600. The molecule has 0 spiro atoms. The normalized spacial score (nSPS) is 24.9. The number of carboxylic acids is 1. The average molecular weight is 210 g/mol. The van der Waals surface area contributed by atoms with Crippen LogP contribution in [0.3, 0.4) is 0 Å². The van der Waals surface area contributed by atoms with Crippen LogP contribution in [0, 0.1) is 0 Å². The summed E-state index contributed by atoms with van der Waals surface area (Å²) in [5, 5.41) is 12.6. The molecule has 0 saturated heterocycles. The molecule has 1 aliphatic carbocycles. The summed E-state index contributed by atoms with van der Waals surface area (Å²) in [7, 11) is 0. The van der Waals surface area contributed by atoms with Crippen molar-refractivity contribution >= 4 is 5.97 Å². The molecule has 0 fully saturated rings. The first-order valence-corrected chi connectivity index (χ1v) is 5.04. The second-order valence-corrected chi connectivity index (χ2v) is 4.07. The largest absolute Gasteiger partial charge is 0.481 e. The van der Waals surface area contributed by atoms with Gasteiger partial charge in [0, 0.05) is 23.9 Å². The lowest BCUT2D eigenvalue weighted by Crippen LogP contribution is -2.39. The summed E-state index contributed by atoms with van der Waals surface area (Å²) in [6.07, 6.45) is 4.20. The van der Waals surface area contributed by atoms with Crippen LogP contribution in [0.1, 0.15) is 30.6 Å². The van der Waals surface area contributed by atoms with Crippen LogP contribution in [0.15, 0.2) is 10.7 Å². The highest BCUT2D eigenvalue weighted by Gasteiger charge is 2.39. The molecule has 15 heavy (non-hydrogen) atoms. The van der Waals surface area contributed by atoms with E-state index in [-0.39, 0.29) is 6.42 Å². The Morgan fingerprint density at radius 2 is 2.53 bits per heavy atom. The number of aliphatic carboxylic acids is 1. The molecule has 3 N–H and O–H groups in total. The fourth-order valence-electron chi connectivity index (χ4n) is 2.36. The SMILES string of the molecule is NCC1(CC(=O)O)CCCc2oncc21. The summed E-state index contributed by atoms with van der Waals surface area (Å²) in [5.41, 5.74) is 6.14. The van der Waals surface area contributed by atoms with E-state index in [0.717, 1.165) is 30.6 Å². The minimum absolute atomic E-state index is 0.0533. The molecule has 1 atom stereocenters. The van der Waals surface area contributed by atoms with Crippen molar-refractivity contribution in [3.8, 4) is 0 Å². The average Bonchev–Trinajstić information content (AvgIpc) is 2.66. The number of carbonyl (C=O) groups is 1. The van der Waals surface area contributed by atoms with Crippen molar-refractivity contribution in [2.24, 2.45) is 5.73 Å². The Morgan fingerprint density at radius 1 is 1.73 bits per heavy atom. The summed E-state index contributed by atoms with van der Waals surface area (Å²) in [5.74, 6) is -0.0255. The highest BCUT2D eigenvalue weighted by Crippen LogP contribution is 2.39. The summed E-state index contributed by atoms with van der Waals surface area (Å²) < 4.78 is 5.10. The van der Waals surface area contributed by atoms with Crippen molar-refractivity contribution in [3.63, 3.8) is 0 Å². The van der Waals surface area contributed by atoms with Gasteiger partial charge in [0.1, 0.15) is 5.76 Å². The Labute approximate surface area is 87.2 Å². The second-order valence-electron chi connectivity index (χ2n) is 4.07. The molecule has 1 aromatic rings. The van der Waals surface area contributed by atoms with Gasteiger partial charge in [-0.15, -0.1) is 0 Å². The maximum Gasteiger partial charge on any atom is 0.304 e. The van der Waals surface area contributed by atoms with E-state index in [1.54, 1.807) is 6.20 Å². The minimum Gasteiger partial charge on any atom is -0.481 e. The zero-order valence-corrected chi connectivity index (χ0v) is 8.40. The number of nitrogens with two attached hydrogens (primary N) is 1. The van der Waals surface area contributed by atoms with Crippen molar-refractivity contribution in [3.05, 3.63) is 17.5 Å². The number of nitrogens with zero attached hydrogens (tertiary/aromatic N) is 1. The number of aryl methyl sites for hydroxylation is 1. The highest BCUT2D eigenvalue weighted by molar-refractivity contribution is 5.69. The van der Waals surface area contributed by atoms with E-state index < -0.39 is 11.4 Å². The number of rotatable bonds is 3. The minimum atomic E-state index is -0.825. The number of aromatic nitrogens is 1. The number of hydrogen-bond donors (Lipinski definition) is 2. The van der Waals surface area contributed by atoms with Crippen LogP contribution in [0.2, 0.25) is 0 Å². The molecule has 5 heteroatoms. The Kier molecular flexibility index (Phi) is 2.48. The van der Waals surface area contributed by atoms with E-state index in [4.69, 9.17) is 15.4 Å². The first-order chi connectivity index (χ1) is 7.18. The number of hydrogen-bond acceptors (Lipinski definition) is 4. The Morgan fingerprint density at radius 3 is 3.20 bits per heavy atom. The standard InChI is InChI=1S/C10H14N2O3/c11-6-10(4-9(13)14)3-1-2-8-7(10)5-12-15-8/h5H,1-4,6,11H2,(H,13,14). The maximum absolute atomic E-state index is 10.9. The van der Waals surface area contributed by atoms with Crippen LogP contribution < -0.4 is 5.73 Å². The lowest BCUT2D eigenvalue weighted by Gasteiger charge is -2.33. The first-order valence-electron chi connectivity index (χ1n) is 5.04. The van der Waals surface area contributed by atoms with E-state index in [0.29, 0.717) is 6.54 Å². The van der Waals surface area contributed by atoms with Gasteiger partial charge in [-0.05, 0) is 12.8 Å². The molecular formula is C10H14N2O3. The molecule has 0 aliphatic heterocycles. The van der Waals surface area contributed by atoms with Crippen LogP contribution in [-0.2, 0) is 16.6 Å². The Bertz CT molecular complexity index is 374. The predicted molar refractivity (Wildman–Crippen MR) is 52.4 cm³/mol. The van der Waals surface area contributed by atoms with E-state index in [9.17, 15) is 4.79 Å². The Hall–Kier alpha value is -1.36. The molecule has 2 rings (SSSR count). The van der Waals surface area contributed by atoms with Gasteiger partial charge in [0.05, 0.1) is 12.6 Å². The summed E-state index contributed by atoms with van der Waals surface area (Å²) in [6, 6.07) is 0. The molecule has 1 aromatic heterocycles. The third-order valence-corrected chi connectivity index (χ3v) is 3.16. The Balaban J connectivity index is 2.39. The predicted octanol–water partition coefficient (Wildman–Crippen LogP) is 0.682. The molecule has 0 amide bonds. The van der Waals surface area contributed by atoms with Crippen LogP contribution >= 0.6 is 0 Å². The molecule has 0 aromatic carbocycles. The van der Waals surface area contributed by atoms with Gasteiger partial charge in [-0.2, -0.15) is 0 Å². The van der Waals surface area contributed by atoms with Crippen LogP contribution in [0.4, 0.5) is 0 Å². The van der Waals surface area contributed by atoms with Crippen LogP contribution in [-0.4, -0.2) is 22.8 Å². The van der Waals surface area contributed by atoms with Gasteiger partial charge in [-0.3, -0.25) is 4.79 Å². The van der Waals surface area contributed by atoms with Crippen molar-refractivity contribution in [2.75, 3.05) is 6.54 Å². The van der Waals surface area contributed by atoms with E-state index in [2.05, 4.69) is 5.16 Å². The number of fused-ring (bicyclic) bond motifs is 1. The molecule has 0 saturated carbocycles. The van der Waals surface area contributed by atoms with Gasteiger partial charge in [0.15, 0.2) is 0 Å². The number of carboxylic acid groups (broad SMARTS) is 1. The van der Waals surface area contributed by atoms with Crippen molar-refractivity contribution in [1.82, 2.24) is 5.16 Å². The molecule has 5 nitrogen and oxygen atoms in total. The molecule has 82 valence electrons. The third kappa shape index (κ3) is 1.63. The van der Waals surface area contributed by atoms with Gasteiger partial charge in [-0.25, -0.2) is 0 Å². The quantitative estimate of drug-likeness (QED) is 0.765. The zero-order chi connectivity index (χ0) is 10.9. The van der Waals surface area contributed by atoms with Crippen molar-refractivity contribution in [1.29, 1.82) is 0 Å². The van der Waals surface area contributed by atoms with Gasteiger partial charge in [-0.1, -0.05) is 5.16 Å². The first kappa shape index (κ1) is 10.2. The molecule has 1 heterocycles. The fourth-order valence-corrected chi connectivity index (χ4v) is 2.36. The van der Waals surface area contributed by atoms with Gasteiger partial charge >= 0.3 is 5.97 Å². The van der Waals surface area contributed by atoms with Gasteiger partial charge in [0.2, 0.25) is 0 Å². The molecule has 1 unspecified atom stereocenters. The second kappa shape index (κ2) is 3.66. The zero-order valence-electron chi connectivity index (χ0n) is 8.40. The molecular weight excluding hydrogens is 196 g/mol. The van der Waals surface area contributed by atoms with Crippen LogP contribution in [0.25, 0.3) is 0 Å². The van der Waals surface area contributed by atoms with Crippen LogP contribution in [0.5, 0.6) is 0 Å². The summed E-state index contributed by atoms with van der Waals surface area (Å²) in [4.78, 5) is 10.9. The van der Waals surface area contributed by atoms with E-state index in [1.807, 2.05) is 0 Å². The van der Waals surface area contributed by atoms with Gasteiger partial charge in [0.25, 0.3) is 0 Å². The van der Waals surface area contributed by atoms with E-state index >= 15 is 0 Å². The molecule has 1 aliphatic rings. The third-order valence-electron chi connectivity index (χ3n) is 3.16. The van der Waals surface area contributed by atoms with E-state index in [1.165, 1.54) is 0 Å². The lowest BCUT2D eigenvalue weighted by molar-refractivity contribution is -0.138. The lowest BCUT2D eigenvalue weighted by atomic mass is 9.70. The van der Waals surface area contributed by atoms with Crippen molar-refractivity contribution < 1.29 is 14.4 Å².